The van der Waals surface area contributed by atoms with Crippen LogP contribution >= 0.6 is 11.6 Å². The van der Waals surface area contributed by atoms with Crippen molar-refractivity contribution < 1.29 is 19.8 Å². The normalized spacial score (nSPS) is 11.1. The molecule has 0 unspecified atom stereocenters. The van der Waals surface area contributed by atoms with Crippen molar-refractivity contribution in [2.45, 2.75) is 6.92 Å². The quantitative estimate of drug-likeness (QED) is 0.643. The van der Waals surface area contributed by atoms with Crippen LogP contribution in [-0.4, -0.2) is 60.9 Å². The van der Waals surface area contributed by atoms with Crippen molar-refractivity contribution in [3.63, 3.8) is 0 Å². The first-order chi connectivity index (χ1) is 13.7. The molecule has 0 aliphatic carbocycles. The lowest BCUT2D eigenvalue weighted by atomic mass is 9.92. The summed E-state index contributed by atoms with van der Waals surface area (Å²) in [5, 5.41) is 22.1. The largest absolute Gasteiger partial charge is 0.396 e. The molecule has 2 aromatic carbocycles. The van der Waals surface area contributed by atoms with Crippen molar-refractivity contribution in [2.24, 2.45) is 5.41 Å². The molecule has 2 aromatic rings. The molecule has 0 fully saturated rings. The van der Waals surface area contributed by atoms with Crippen molar-refractivity contribution >= 4 is 34.9 Å². The number of nitrogens with zero attached hydrogens (tertiary/aromatic N) is 2. The average molecular weight is 420 g/mol. The Morgan fingerprint density at radius 2 is 1.55 bits per heavy atom. The molecule has 8 heteroatoms. The minimum absolute atomic E-state index is 0.175. The molecule has 0 spiro atoms. The van der Waals surface area contributed by atoms with Crippen LogP contribution in [-0.2, 0) is 0 Å². The Hall–Kier alpha value is -2.61. The van der Waals surface area contributed by atoms with Crippen LogP contribution in [0.1, 0.15) is 17.3 Å². The number of anilines is 2. The zero-order chi connectivity index (χ0) is 21.6. The first kappa shape index (κ1) is 22.7. The third-order valence-electron chi connectivity index (χ3n) is 4.63. The Kier molecular flexibility index (Phi) is 7.61. The Bertz CT molecular complexity index is 836. The second-order valence-corrected chi connectivity index (χ2v) is 7.77. The van der Waals surface area contributed by atoms with Crippen LogP contribution in [0, 0.1) is 5.41 Å². The van der Waals surface area contributed by atoms with Crippen molar-refractivity contribution in [3.8, 4) is 0 Å². The number of carbonyl (C=O) groups is 2. The van der Waals surface area contributed by atoms with Gasteiger partial charge < -0.3 is 25.3 Å². The van der Waals surface area contributed by atoms with Crippen LogP contribution in [0.4, 0.5) is 16.2 Å². The number of halogens is 1. The first-order valence-corrected chi connectivity index (χ1v) is 9.44. The SMILES string of the molecule is CN(CC(C)(CO)CO)C(=O)Nc1ccc(N(C)C(=O)c2ccc(Cl)cc2)cc1. The molecule has 3 N–H and O–H groups in total. The van der Waals surface area contributed by atoms with E-state index in [2.05, 4.69) is 5.32 Å². The molecule has 0 aliphatic heterocycles. The van der Waals surface area contributed by atoms with E-state index in [9.17, 15) is 19.8 Å². The van der Waals surface area contributed by atoms with Crippen molar-refractivity contribution in [1.29, 1.82) is 0 Å². The van der Waals surface area contributed by atoms with Gasteiger partial charge in [-0.15, -0.1) is 0 Å². The van der Waals surface area contributed by atoms with E-state index in [1.807, 2.05) is 0 Å². The van der Waals surface area contributed by atoms with E-state index < -0.39 is 5.41 Å². The van der Waals surface area contributed by atoms with Gasteiger partial charge in [-0.3, -0.25) is 4.79 Å². The zero-order valence-corrected chi connectivity index (χ0v) is 17.5. The van der Waals surface area contributed by atoms with E-state index in [1.54, 1.807) is 69.6 Å². The molecule has 7 nitrogen and oxygen atoms in total. The summed E-state index contributed by atoms with van der Waals surface area (Å²) in [6.07, 6.45) is 0. The topological polar surface area (TPSA) is 93.1 Å². The maximum Gasteiger partial charge on any atom is 0.321 e. The Labute approximate surface area is 175 Å². The molecule has 0 aromatic heterocycles. The standard InChI is InChI=1S/C21H26ClN3O4/c1-21(13-26,14-27)12-24(2)20(29)23-17-8-10-18(11-9-17)25(3)19(28)15-4-6-16(22)7-5-15/h4-11,26-27H,12-14H2,1-3H3,(H,23,29). The summed E-state index contributed by atoms with van der Waals surface area (Å²) in [4.78, 5) is 27.8. The van der Waals surface area contributed by atoms with E-state index >= 15 is 0 Å². The Morgan fingerprint density at radius 1 is 1.00 bits per heavy atom. The highest BCUT2D eigenvalue weighted by Gasteiger charge is 2.26. The van der Waals surface area contributed by atoms with Gasteiger partial charge in [-0.25, -0.2) is 4.79 Å². The maximum atomic E-state index is 12.6. The lowest BCUT2D eigenvalue weighted by molar-refractivity contribution is 0.0509. The van der Waals surface area contributed by atoms with Gasteiger partial charge in [-0.05, 0) is 48.5 Å². The Morgan fingerprint density at radius 3 is 2.07 bits per heavy atom. The zero-order valence-electron chi connectivity index (χ0n) is 16.7. The van der Waals surface area contributed by atoms with Gasteiger partial charge in [0.2, 0.25) is 0 Å². The number of hydrogen-bond acceptors (Lipinski definition) is 4. The number of amides is 3. The molecule has 29 heavy (non-hydrogen) atoms. The van der Waals surface area contributed by atoms with Gasteiger partial charge in [0, 0.05) is 48.0 Å². The molecule has 0 saturated heterocycles. The summed E-state index contributed by atoms with van der Waals surface area (Å²) in [6, 6.07) is 13.2. The molecule has 0 heterocycles. The summed E-state index contributed by atoms with van der Waals surface area (Å²) in [5.41, 5.74) is 0.976. The Balaban J connectivity index is 2.01. The highest BCUT2D eigenvalue weighted by atomic mass is 35.5. The van der Waals surface area contributed by atoms with E-state index in [-0.39, 0.29) is 31.7 Å². The van der Waals surface area contributed by atoms with Gasteiger partial charge in [-0.1, -0.05) is 18.5 Å². The van der Waals surface area contributed by atoms with E-state index in [0.717, 1.165) is 0 Å². The highest BCUT2D eigenvalue weighted by molar-refractivity contribution is 6.30. The van der Waals surface area contributed by atoms with E-state index in [1.165, 1.54) is 9.80 Å². The number of carbonyl (C=O) groups excluding carboxylic acids is 2. The lowest BCUT2D eigenvalue weighted by Gasteiger charge is -2.30. The van der Waals surface area contributed by atoms with Crippen molar-refractivity contribution in [3.05, 3.63) is 59.1 Å². The van der Waals surface area contributed by atoms with Gasteiger partial charge in [0.25, 0.3) is 5.91 Å². The smallest absolute Gasteiger partial charge is 0.321 e. The van der Waals surface area contributed by atoms with Gasteiger partial charge in [0.1, 0.15) is 0 Å². The summed E-state index contributed by atoms with van der Waals surface area (Å²) in [7, 11) is 3.26. The van der Waals surface area contributed by atoms with Crippen LogP contribution in [0.2, 0.25) is 5.02 Å². The molecule has 0 radical (unpaired) electrons. The molecule has 2 rings (SSSR count). The number of nitrogens with one attached hydrogen (secondary N) is 1. The minimum Gasteiger partial charge on any atom is -0.396 e. The minimum atomic E-state index is -0.777. The van der Waals surface area contributed by atoms with Gasteiger partial charge in [0.15, 0.2) is 0 Å². The predicted molar refractivity (Wildman–Crippen MR) is 115 cm³/mol. The van der Waals surface area contributed by atoms with Crippen molar-refractivity contribution in [2.75, 3.05) is 44.1 Å². The highest BCUT2D eigenvalue weighted by Crippen LogP contribution is 2.21. The molecule has 0 aliphatic rings. The first-order valence-electron chi connectivity index (χ1n) is 9.06. The summed E-state index contributed by atoms with van der Waals surface area (Å²) in [5.74, 6) is -0.175. The number of urea groups is 1. The van der Waals surface area contributed by atoms with Gasteiger partial charge in [0.05, 0.1) is 13.2 Å². The number of benzene rings is 2. The number of hydrogen-bond donors (Lipinski definition) is 3. The fourth-order valence-electron chi connectivity index (χ4n) is 2.69. The lowest BCUT2D eigenvalue weighted by Crippen LogP contribution is -2.43. The van der Waals surface area contributed by atoms with Gasteiger partial charge >= 0.3 is 6.03 Å². The summed E-state index contributed by atoms with van der Waals surface area (Å²) >= 11 is 5.86. The summed E-state index contributed by atoms with van der Waals surface area (Å²) < 4.78 is 0. The molecule has 0 saturated carbocycles. The molecule has 156 valence electrons. The van der Waals surface area contributed by atoms with Crippen LogP contribution in [0.3, 0.4) is 0 Å². The monoisotopic (exact) mass is 419 g/mol. The summed E-state index contributed by atoms with van der Waals surface area (Å²) in [6.45, 7) is 1.43. The molecular weight excluding hydrogens is 394 g/mol. The van der Waals surface area contributed by atoms with E-state index in [4.69, 9.17) is 11.6 Å². The molecule has 0 atom stereocenters. The molecular formula is C21H26ClN3O4. The van der Waals surface area contributed by atoms with Crippen molar-refractivity contribution in [1.82, 2.24) is 4.90 Å². The molecule has 0 bridgehead atoms. The van der Waals surface area contributed by atoms with Gasteiger partial charge in [-0.2, -0.15) is 0 Å². The number of aliphatic hydroxyl groups is 2. The predicted octanol–water partition coefficient (Wildman–Crippen LogP) is 3.07. The second-order valence-electron chi connectivity index (χ2n) is 7.33. The number of rotatable bonds is 7. The van der Waals surface area contributed by atoms with Crippen LogP contribution < -0.4 is 10.2 Å². The third-order valence-corrected chi connectivity index (χ3v) is 4.88. The van der Waals surface area contributed by atoms with E-state index in [0.29, 0.717) is 22.0 Å². The second kappa shape index (κ2) is 9.73. The fraction of sp³-hybridized carbons (Fsp3) is 0.333. The molecule has 3 amide bonds. The average Bonchev–Trinajstić information content (AvgIpc) is 2.73. The number of aliphatic hydroxyl groups excluding tert-OH is 2. The van der Waals surface area contributed by atoms with Crippen LogP contribution in [0.15, 0.2) is 48.5 Å². The fourth-order valence-corrected chi connectivity index (χ4v) is 2.81. The van der Waals surface area contributed by atoms with Crippen LogP contribution in [0.25, 0.3) is 0 Å². The third kappa shape index (κ3) is 5.93. The van der Waals surface area contributed by atoms with Crippen LogP contribution in [0.5, 0.6) is 0 Å². The maximum absolute atomic E-state index is 12.6.